The molecule has 1 aliphatic carbocycles. The van der Waals surface area contributed by atoms with Crippen molar-refractivity contribution < 1.29 is 23.9 Å². The summed E-state index contributed by atoms with van der Waals surface area (Å²) in [4.78, 5) is 39.9. The summed E-state index contributed by atoms with van der Waals surface area (Å²) in [5, 5.41) is 5.90. The number of imide groups is 1. The third kappa shape index (κ3) is 4.04. The van der Waals surface area contributed by atoms with Gasteiger partial charge in [0.25, 0.3) is 11.8 Å². The molecule has 33 heavy (non-hydrogen) atoms. The second kappa shape index (κ2) is 8.61. The van der Waals surface area contributed by atoms with Crippen LogP contribution in [0.2, 0.25) is 0 Å². The molecule has 3 aliphatic rings. The zero-order valence-electron chi connectivity index (χ0n) is 18.3. The fraction of sp³-hybridized carbons (Fsp3) is 0.320. The number of carbonyl (C=O) groups excluding carboxylic acids is 3. The average molecular weight is 447 g/mol. The fourth-order valence-corrected chi connectivity index (χ4v) is 4.64. The van der Waals surface area contributed by atoms with Crippen LogP contribution < -0.4 is 20.1 Å². The lowest BCUT2D eigenvalue weighted by atomic mass is 9.94. The number of anilines is 2. The lowest BCUT2D eigenvalue weighted by molar-refractivity contribution is -0.140. The van der Waals surface area contributed by atoms with Gasteiger partial charge in [0.1, 0.15) is 5.70 Å². The van der Waals surface area contributed by atoms with Crippen molar-refractivity contribution in [1.29, 1.82) is 0 Å². The minimum absolute atomic E-state index is 0.0940. The molecule has 8 nitrogen and oxygen atoms in total. The Morgan fingerprint density at radius 3 is 2.33 bits per heavy atom. The van der Waals surface area contributed by atoms with E-state index >= 15 is 0 Å². The van der Waals surface area contributed by atoms with E-state index in [1.54, 1.807) is 42.5 Å². The molecule has 1 fully saturated rings. The van der Waals surface area contributed by atoms with E-state index in [4.69, 9.17) is 9.47 Å². The van der Waals surface area contributed by atoms with E-state index in [1.165, 1.54) is 11.8 Å². The van der Waals surface area contributed by atoms with E-state index in [0.29, 0.717) is 34.0 Å². The number of amides is 3. The summed E-state index contributed by atoms with van der Waals surface area (Å²) in [5.74, 6) is 0.444. The highest BCUT2D eigenvalue weighted by Gasteiger charge is 2.43. The van der Waals surface area contributed by atoms with Crippen molar-refractivity contribution >= 4 is 34.7 Å². The van der Waals surface area contributed by atoms with E-state index in [0.717, 1.165) is 32.1 Å². The maximum absolute atomic E-state index is 13.6. The molecule has 2 heterocycles. The van der Waals surface area contributed by atoms with Gasteiger partial charge >= 0.3 is 0 Å². The normalized spacial score (nSPS) is 18.2. The van der Waals surface area contributed by atoms with Crippen LogP contribution in [-0.2, 0) is 14.4 Å². The highest BCUT2D eigenvalue weighted by atomic mass is 16.7. The van der Waals surface area contributed by atoms with Gasteiger partial charge in [-0.1, -0.05) is 31.4 Å². The van der Waals surface area contributed by atoms with Crippen LogP contribution in [-0.4, -0.2) is 35.5 Å². The first-order valence-electron chi connectivity index (χ1n) is 11.2. The number of hydrogen-bond acceptors (Lipinski definition) is 6. The molecule has 1 saturated carbocycles. The number of nitrogens with one attached hydrogen (secondary N) is 2. The van der Waals surface area contributed by atoms with Crippen LogP contribution in [0.1, 0.15) is 44.6 Å². The first-order valence-corrected chi connectivity index (χ1v) is 11.2. The number of ether oxygens (including phenoxy) is 2. The zero-order valence-corrected chi connectivity index (χ0v) is 18.3. The maximum Gasteiger partial charge on any atom is 0.278 e. The molecule has 0 aromatic heterocycles. The third-order valence-corrected chi connectivity index (χ3v) is 6.19. The monoisotopic (exact) mass is 447 g/mol. The first kappa shape index (κ1) is 21.1. The van der Waals surface area contributed by atoms with Crippen LogP contribution in [0.5, 0.6) is 11.5 Å². The van der Waals surface area contributed by atoms with Gasteiger partial charge in [0.05, 0.1) is 5.57 Å². The lowest BCUT2D eigenvalue weighted by Crippen LogP contribution is -2.42. The highest BCUT2D eigenvalue weighted by Crippen LogP contribution is 2.38. The summed E-state index contributed by atoms with van der Waals surface area (Å²) < 4.78 is 10.8. The van der Waals surface area contributed by atoms with Crippen LogP contribution in [0.4, 0.5) is 11.4 Å². The number of rotatable bonds is 5. The van der Waals surface area contributed by atoms with Gasteiger partial charge in [-0.05, 0) is 42.7 Å². The molecular formula is C25H25N3O5. The standard InChI is InChI=1S/C25H25N3O5/c1-15(29)26-17-9-7-16(8-10-17)22-23(27-18-11-12-20-21(13-18)33-14-32-20)25(31)28(24(22)30)19-5-3-2-4-6-19/h7-13,19,27H,2-6,14H2,1H3,(H,26,29). The van der Waals surface area contributed by atoms with Gasteiger partial charge in [-0.15, -0.1) is 0 Å². The molecule has 5 rings (SSSR count). The highest BCUT2D eigenvalue weighted by molar-refractivity contribution is 6.36. The van der Waals surface area contributed by atoms with Crippen molar-refractivity contribution in [2.24, 2.45) is 0 Å². The second-order valence-corrected chi connectivity index (χ2v) is 8.47. The largest absolute Gasteiger partial charge is 0.454 e. The lowest BCUT2D eigenvalue weighted by Gasteiger charge is -2.29. The summed E-state index contributed by atoms with van der Waals surface area (Å²) in [6, 6.07) is 12.2. The second-order valence-electron chi connectivity index (χ2n) is 8.47. The molecule has 0 atom stereocenters. The molecule has 0 bridgehead atoms. The summed E-state index contributed by atoms with van der Waals surface area (Å²) in [7, 11) is 0. The Balaban J connectivity index is 1.52. The van der Waals surface area contributed by atoms with E-state index in [2.05, 4.69) is 10.6 Å². The Morgan fingerprint density at radius 1 is 0.909 bits per heavy atom. The van der Waals surface area contributed by atoms with Gasteiger partial charge in [0.2, 0.25) is 12.7 Å². The van der Waals surface area contributed by atoms with Crippen molar-refractivity contribution in [3.63, 3.8) is 0 Å². The molecule has 0 unspecified atom stereocenters. The minimum atomic E-state index is -0.314. The van der Waals surface area contributed by atoms with Gasteiger partial charge in [-0.25, -0.2) is 0 Å². The summed E-state index contributed by atoms with van der Waals surface area (Å²) in [6.45, 7) is 1.59. The van der Waals surface area contributed by atoms with Crippen LogP contribution in [0.25, 0.3) is 5.57 Å². The smallest absolute Gasteiger partial charge is 0.278 e. The van der Waals surface area contributed by atoms with Crippen molar-refractivity contribution in [1.82, 2.24) is 4.90 Å². The van der Waals surface area contributed by atoms with Gasteiger partial charge in [0, 0.05) is 30.4 Å². The Labute approximate surface area is 191 Å². The van der Waals surface area contributed by atoms with Gasteiger partial charge in [-0.2, -0.15) is 0 Å². The Bertz CT molecular complexity index is 1150. The van der Waals surface area contributed by atoms with E-state index in [-0.39, 0.29) is 36.3 Å². The van der Waals surface area contributed by atoms with Crippen molar-refractivity contribution in [2.45, 2.75) is 45.1 Å². The number of fused-ring (bicyclic) bond motifs is 1. The molecular weight excluding hydrogens is 422 g/mol. The summed E-state index contributed by atoms with van der Waals surface area (Å²) in [5.41, 5.74) is 2.45. The summed E-state index contributed by atoms with van der Waals surface area (Å²) in [6.07, 6.45) is 4.79. The minimum Gasteiger partial charge on any atom is -0.454 e. The van der Waals surface area contributed by atoms with E-state index < -0.39 is 0 Å². The summed E-state index contributed by atoms with van der Waals surface area (Å²) >= 11 is 0. The molecule has 2 aromatic rings. The number of hydrogen-bond donors (Lipinski definition) is 2. The predicted octanol–water partition coefficient (Wildman–Crippen LogP) is 3.90. The quantitative estimate of drug-likeness (QED) is 0.675. The van der Waals surface area contributed by atoms with Crippen LogP contribution in [0.15, 0.2) is 48.2 Å². The third-order valence-electron chi connectivity index (χ3n) is 6.19. The van der Waals surface area contributed by atoms with Crippen LogP contribution >= 0.6 is 0 Å². The molecule has 3 amide bonds. The number of carbonyl (C=O) groups is 3. The molecule has 0 saturated heterocycles. The number of nitrogens with zero attached hydrogens (tertiary/aromatic N) is 1. The molecule has 170 valence electrons. The van der Waals surface area contributed by atoms with E-state index in [1.807, 2.05) is 0 Å². The Hall–Kier alpha value is -3.81. The molecule has 0 radical (unpaired) electrons. The van der Waals surface area contributed by atoms with Gasteiger partial charge in [-0.3, -0.25) is 19.3 Å². The van der Waals surface area contributed by atoms with Crippen LogP contribution in [0, 0.1) is 0 Å². The van der Waals surface area contributed by atoms with Crippen molar-refractivity contribution in [3.05, 3.63) is 53.7 Å². The van der Waals surface area contributed by atoms with Gasteiger partial charge in [0.15, 0.2) is 11.5 Å². The Kier molecular flexibility index (Phi) is 5.50. The topological polar surface area (TPSA) is 97.0 Å². The number of benzene rings is 2. The molecule has 8 heteroatoms. The van der Waals surface area contributed by atoms with Crippen molar-refractivity contribution in [3.8, 4) is 11.5 Å². The van der Waals surface area contributed by atoms with E-state index in [9.17, 15) is 14.4 Å². The maximum atomic E-state index is 13.6. The molecule has 0 spiro atoms. The molecule has 2 aliphatic heterocycles. The average Bonchev–Trinajstić information content (AvgIpc) is 3.37. The van der Waals surface area contributed by atoms with Crippen molar-refractivity contribution in [2.75, 3.05) is 17.4 Å². The SMILES string of the molecule is CC(=O)Nc1ccc(C2=C(Nc3ccc4c(c3)OCO4)C(=O)N(C3CCCCC3)C2=O)cc1. The van der Waals surface area contributed by atoms with Gasteiger partial charge < -0.3 is 20.1 Å². The Morgan fingerprint density at radius 2 is 1.61 bits per heavy atom. The fourth-order valence-electron chi connectivity index (χ4n) is 4.64. The predicted molar refractivity (Wildman–Crippen MR) is 123 cm³/mol. The molecule has 2 aromatic carbocycles. The van der Waals surface area contributed by atoms with Crippen LogP contribution in [0.3, 0.4) is 0 Å². The molecule has 2 N–H and O–H groups in total. The zero-order chi connectivity index (χ0) is 22.9. The first-order chi connectivity index (χ1) is 16.0.